The normalized spacial score (nSPS) is 32.4. The molecule has 1 rings (SSSR count). The quantitative estimate of drug-likeness (QED) is 0.639. The van der Waals surface area contributed by atoms with Crippen molar-refractivity contribution >= 4 is 0 Å². The van der Waals surface area contributed by atoms with E-state index in [-0.39, 0.29) is 5.92 Å². The van der Waals surface area contributed by atoms with E-state index in [1.54, 1.807) is 0 Å². The fourth-order valence-corrected chi connectivity index (χ4v) is 1.18. The number of halogens is 3. The molecule has 1 aliphatic rings. The average Bonchev–Trinajstić information content (AvgIpc) is 2.44. The van der Waals surface area contributed by atoms with Gasteiger partial charge in [0, 0.05) is 0 Å². The van der Waals surface area contributed by atoms with Gasteiger partial charge in [0.25, 0.3) is 0 Å². The molecule has 1 aliphatic carbocycles. The smallest absolute Gasteiger partial charge is 0.330 e. The molecule has 0 spiro atoms. The highest BCUT2D eigenvalue weighted by atomic mass is 19.4. The zero-order chi connectivity index (χ0) is 7.78. The van der Waals surface area contributed by atoms with Gasteiger partial charge in [0.2, 0.25) is 0 Å². The molecule has 0 heterocycles. The Balaban J connectivity index is 2.25. The van der Waals surface area contributed by atoms with Crippen molar-refractivity contribution in [3.05, 3.63) is 0 Å². The summed E-state index contributed by atoms with van der Waals surface area (Å²) in [6, 6.07) is 0. The van der Waals surface area contributed by atoms with E-state index in [1.165, 1.54) is 0 Å². The number of nitrogens with two attached hydrogens (primary N) is 1. The van der Waals surface area contributed by atoms with Crippen LogP contribution < -0.4 is 5.73 Å². The lowest BCUT2D eigenvalue weighted by Gasteiger charge is -2.03. The summed E-state index contributed by atoms with van der Waals surface area (Å²) in [6.07, 6.45) is -3.16. The van der Waals surface area contributed by atoms with Gasteiger partial charge in [0.05, 0.1) is 5.92 Å². The summed E-state index contributed by atoms with van der Waals surface area (Å²) in [6.45, 7) is 0.372. The van der Waals surface area contributed by atoms with Crippen molar-refractivity contribution < 1.29 is 13.2 Å². The van der Waals surface area contributed by atoms with Gasteiger partial charge in [-0.1, -0.05) is 0 Å². The van der Waals surface area contributed by atoms with Crippen LogP contribution >= 0.6 is 0 Å². The van der Waals surface area contributed by atoms with E-state index in [9.17, 15) is 13.2 Å². The third kappa shape index (κ3) is 1.62. The largest absolute Gasteiger partial charge is 0.392 e. The van der Waals surface area contributed by atoms with E-state index in [0.717, 1.165) is 0 Å². The number of hydrogen-bond acceptors (Lipinski definition) is 1. The van der Waals surface area contributed by atoms with Gasteiger partial charge in [-0.15, -0.1) is 0 Å². The van der Waals surface area contributed by atoms with Crippen LogP contribution in [0.3, 0.4) is 0 Å². The Kier molecular flexibility index (Phi) is 1.90. The molecule has 0 aromatic rings. The minimum Gasteiger partial charge on any atom is -0.330 e. The number of hydrogen-bond donors (Lipinski definition) is 1. The first-order chi connectivity index (χ1) is 4.55. The Morgan fingerprint density at radius 3 is 2.30 bits per heavy atom. The van der Waals surface area contributed by atoms with E-state index in [1.807, 2.05) is 0 Å². The second-order valence-corrected chi connectivity index (χ2v) is 2.72. The van der Waals surface area contributed by atoms with Gasteiger partial charge in [-0.2, -0.15) is 13.2 Å². The lowest BCUT2D eigenvalue weighted by atomic mass is 10.2. The third-order valence-electron chi connectivity index (χ3n) is 1.88. The molecule has 10 heavy (non-hydrogen) atoms. The van der Waals surface area contributed by atoms with Crippen LogP contribution in [0.5, 0.6) is 0 Å². The van der Waals surface area contributed by atoms with Crippen LogP contribution in [0.25, 0.3) is 0 Å². The van der Waals surface area contributed by atoms with Crippen LogP contribution in [0.4, 0.5) is 13.2 Å². The summed E-state index contributed by atoms with van der Waals surface area (Å²) in [4.78, 5) is 0. The van der Waals surface area contributed by atoms with Gasteiger partial charge in [0.1, 0.15) is 0 Å². The van der Waals surface area contributed by atoms with Crippen molar-refractivity contribution in [3.8, 4) is 0 Å². The average molecular weight is 153 g/mol. The molecule has 0 saturated heterocycles. The van der Waals surface area contributed by atoms with Crippen LogP contribution in [-0.4, -0.2) is 12.7 Å². The highest BCUT2D eigenvalue weighted by Crippen LogP contribution is 2.51. The molecule has 0 aromatic heterocycles. The molecule has 1 nitrogen and oxygen atoms in total. The Labute approximate surface area is 57.4 Å². The summed E-state index contributed by atoms with van der Waals surface area (Å²) in [5.74, 6) is -1.22. The monoisotopic (exact) mass is 153 g/mol. The van der Waals surface area contributed by atoms with Crippen molar-refractivity contribution in [1.82, 2.24) is 0 Å². The first kappa shape index (κ1) is 7.85. The van der Waals surface area contributed by atoms with E-state index in [0.29, 0.717) is 19.4 Å². The number of rotatable bonds is 2. The fraction of sp³-hybridized carbons (Fsp3) is 1.00. The van der Waals surface area contributed by atoms with Crippen molar-refractivity contribution in [2.24, 2.45) is 17.6 Å². The third-order valence-corrected chi connectivity index (χ3v) is 1.88. The Morgan fingerprint density at radius 2 is 2.00 bits per heavy atom. The lowest BCUT2D eigenvalue weighted by molar-refractivity contribution is -0.151. The summed E-state index contributed by atoms with van der Waals surface area (Å²) in [5, 5.41) is 0. The van der Waals surface area contributed by atoms with E-state index >= 15 is 0 Å². The van der Waals surface area contributed by atoms with Gasteiger partial charge in [-0.25, -0.2) is 0 Å². The van der Waals surface area contributed by atoms with Crippen molar-refractivity contribution in [1.29, 1.82) is 0 Å². The standard InChI is InChI=1S/C6H10F3N/c7-6(8,9)5-3-4(5)1-2-10/h4-5H,1-3,10H2. The van der Waals surface area contributed by atoms with Crippen molar-refractivity contribution in [3.63, 3.8) is 0 Å². The van der Waals surface area contributed by atoms with Gasteiger partial charge in [-0.05, 0) is 25.3 Å². The Bertz CT molecular complexity index is 121. The van der Waals surface area contributed by atoms with Gasteiger partial charge < -0.3 is 5.73 Å². The highest BCUT2D eigenvalue weighted by Gasteiger charge is 2.54. The molecule has 2 N–H and O–H groups in total. The second-order valence-electron chi connectivity index (χ2n) is 2.72. The van der Waals surface area contributed by atoms with Gasteiger partial charge >= 0.3 is 6.18 Å². The van der Waals surface area contributed by atoms with Crippen molar-refractivity contribution in [2.75, 3.05) is 6.54 Å². The lowest BCUT2D eigenvalue weighted by Crippen LogP contribution is -2.13. The Morgan fingerprint density at radius 1 is 1.40 bits per heavy atom. The molecule has 0 amide bonds. The summed E-state index contributed by atoms with van der Waals surface area (Å²) in [7, 11) is 0. The first-order valence-electron chi connectivity index (χ1n) is 3.32. The minimum absolute atomic E-state index is 0.176. The van der Waals surface area contributed by atoms with Crippen LogP contribution in [-0.2, 0) is 0 Å². The maximum atomic E-state index is 11.8. The minimum atomic E-state index is -3.97. The summed E-state index contributed by atoms with van der Waals surface area (Å²) < 4.78 is 35.3. The fourth-order valence-electron chi connectivity index (χ4n) is 1.18. The van der Waals surface area contributed by atoms with Crippen LogP contribution in [0.2, 0.25) is 0 Å². The molecule has 60 valence electrons. The molecule has 1 fully saturated rings. The van der Waals surface area contributed by atoms with Gasteiger partial charge in [0.15, 0.2) is 0 Å². The highest BCUT2D eigenvalue weighted by molar-refractivity contribution is 4.91. The topological polar surface area (TPSA) is 26.0 Å². The molecular weight excluding hydrogens is 143 g/mol. The van der Waals surface area contributed by atoms with Gasteiger partial charge in [-0.3, -0.25) is 0 Å². The number of alkyl halides is 3. The summed E-state index contributed by atoms with van der Waals surface area (Å²) in [5.41, 5.74) is 5.11. The molecule has 1 saturated carbocycles. The molecule has 2 unspecified atom stereocenters. The second kappa shape index (κ2) is 2.42. The Hall–Kier alpha value is -0.250. The molecule has 0 aromatic carbocycles. The first-order valence-corrected chi connectivity index (χ1v) is 3.32. The maximum Gasteiger partial charge on any atom is 0.392 e. The SMILES string of the molecule is NCCC1CC1C(F)(F)F. The van der Waals surface area contributed by atoms with E-state index in [4.69, 9.17) is 5.73 Å². The predicted octanol–water partition coefficient (Wildman–Crippen LogP) is 1.53. The van der Waals surface area contributed by atoms with Crippen LogP contribution in [0.15, 0.2) is 0 Å². The zero-order valence-electron chi connectivity index (χ0n) is 5.49. The molecule has 0 aliphatic heterocycles. The molecule has 0 bridgehead atoms. The van der Waals surface area contributed by atoms with E-state index in [2.05, 4.69) is 0 Å². The molecular formula is C6H10F3N. The van der Waals surface area contributed by atoms with E-state index < -0.39 is 12.1 Å². The predicted molar refractivity (Wildman–Crippen MR) is 31.3 cm³/mol. The molecule has 4 heteroatoms. The zero-order valence-corrected chi connectivity index (χ0v) is 5.49. The maximum absolute atomic E-state index is 11.8. The van der Waals surface area contributed by atoms with Crippen molar-refractivity contribution in [2.45, 2.75) is 19.0 Å². The summed E-state index contributed by atoms with van der Waals surface area (Å²) >= 11 is 0. The molecule has 2 atom stereocenters. The van der Waals surface area contributed by atoms with Crippen LogP contribution in [0, 0.1) is 11.8 Å². The van der Waals surface area contributed by atoms with Crippen LogP contribution in [0.1, 0.15) is 12.8 Å². The molecule has 0 radical (unpaired) electrons.